The van der Waals surface area contributed by atoms with Gasteiger partial charge in [0.15, 0.2) is 5.54 Å². The number of hydrogen-bond acceptors (Lipinski definition) is 6. The topological polar surface area (TPSA) is 112 Å². The Morgan fingerprint density at radius 3 is 2.73 bits per heavy atom. The maximum absolute atomic E-state index is 13.0. The molecule has 4 amide bonds. The number of hydrogen-bond donors (Lipinski definition) is 3. The molecule has 0 bridgehead atoms. The third-order valence-corrected chi connectivity index (χ3v) is 5.74. The number of urea groups is 1. The molecule has 3 aliphatic rings. The third kappa shape index (κ3) is 4.92. The second-order valence-corrected chi connectivity index (χ2v) is 7.72. The molecule has 1 saturated heterocycles. The van der Waals surface area contributed by atoms with E-state index in [-0.39, 0.29) is 12.5 Å². The van der Waals surface area contributed by atoms with Gasteiger partial charge in [-0.3, -0.25) is 19.9 Å². The fourth-order valence-electron chi connectivity index (χ4n) is 4.06. The van der Waals surface area contributed by atoms with Crippen molar-refractivity contribution >= 4 is 24.1 Å². The van der Waals surface area contributed by atoms with E-state index in [4.69, 9.17) is 4.74 Å². The van der Waals surface area contributed by atoms with Gasteiger partial charge in [0, 0.05) is 31.9 Å². The largest absolute Gasteiger partial charge is 0.497 e. The number of nitrogens with one attached hydrogen (secondary N) is 3. The summed E-state index contributed by atoms with van der Waals surface area (Å²) in [6.45, 7) is 5.11. The Morgan fingerprint density at radius 1 is 1.27 bits per heavy atom. The molecule has 3 N–H and O–H groups in total. The Balaban J connectivity index is 0.00000149. The van der Waals surface area contributed by atoms with E-state index in [0.29, 0.717) is 17.9 Å². The maximum atomic E-state index is 13.0. The molecule has 0 aromatic heterocycles. The number of benzene rings is 1. The van der Waals surface area contributed by atoms with Gasteiger partial charge in [-0.05, 0) is 42.2 Å². The molecule has 0 radical (unpaired) electrons. The molecule has 3 aliphatic heterocycles. The van der Waals surface area contributed by atoms with Crippen LogP contribution in [0.25, 0.3) is 0 Å². The molecule has 1 atom stereocenters. The second kappa shape index (κ2) is 10.3. The zero-order valence-corrected chi connectivity index (χ0v) is 19.5. The number of aliphatic imine (C=N–C) groups is 1. The van der Waals surface area contributed by atoms with Gasteiger partial charge in [-0.15, -0.1) is 0 Å². The van der Waals surface area contributed by atoms with E-state index in [1.807, 2.05) is 33.0 Å². The second-order valence-electron chi connectivity index (χ2n) is 7.72. The first-order valence-electron chi connectivity index (χ1n) is 11.2. The fourth-order valence-corrected chi connectivity index (χ4v) is 4.06. The smallest absolute Gasteiger partial charge is 0.322 e. The first-order chi connectivity index (χ1) is 16.0. The Hall–Kier alpha value is -3.62. The number of amides is 4. The number of fused-ring (bicyclic) bond motifs is 1. The average molecular weight is 454 g/mol. The van der Waals surface area contributed by atoms with Gasteiger partial charge < -0.3 is 20.3 Å². The molecule has 0 spiro atoms. The molecule has 1 aromatic carbocycles. The third-order valence-electron chi connectivity index (χ3n) is 5.74. The molecule has 176 valence electrons. The molecule has 4 rings (SSSR count). The van der Waals surface area contributed by atoms with Crippen molar-refractivity contribution < 1.29 is 19.1 Å². The maximum Gasteiger partial charge on any atom is 0.322 e. The van der Waals surface area contributed by atoms with Crippen molar-refractivity contribution in [3.8, 4) is 5.75 Å². The quantitative estimate of drug-likeness (QED) is 0.572. The number of carbonyl (C=O) groups excluding carboxylic acids is 3. The van der Waals surface area contributed by atoms with E-state index < -0.39 is 17.5 Å². The lowest BCUT2D eigenvalue weighted by Gasteiger charge is -2.28. The highest BCUT2D eigenvalue weighted by Crippen LogP contribution is 2.29. The van der Waals surface area contributed by atoms with Crippen LogP contribution in [0.3, 0.4) is 0 Å². The van der Waals surface area contributed by atoms with Gasteiger partial charge >= 0.3 is 6.03 Å². The summed E-state index contributed by atoms with van der Waals surface area (Å²) in [5, 5.41) is 8.14. The van der Waals surface area contributed by atoms with Crippen LogP contribution in [0, 0.1) is 0 Å². The number of nitrogens with zero attached hydrogens (tertiary/aromatic N) is 2. The van der Waals surface area contributed by atoms with Crippen molar-refractivity contribution in [1.29, 1.82) is 0 Å². The Bertz CT molecular complexity index is 1030. The summed E-state index contributed by atoms with van der Waals surface area (Å²) in [6, 6.07) is 4.76. The zero-order valence-electron chi connectivity index (χ0n) is 19.5. The van der Waals surface area contributed by atoms with Crippen molar-refractivity contribution in [3.05, 3.63) is 52.7 Å². The minimum absolute atomic E-state index is 0.0210. The van der Waals surface area contributed by atoms with E-state index in [9.17, 15) is 14.4 Å². The van der Waals surface area contributed by atoms with Crippen LogP contribution in [-0.2, 0) is 11.3 Å². The normalized spacial score (nSPS) is 21.9. The molecule has 1 fully saturated rings. The molecule has 0 aliphatic carbocycles. The number of carbonyl (C=O) groups is 3. The average Bonchev–Trinajstić information content (AvgIpc) is 3.16. The van der Waals surface area contributed by atoms with Gasteiger partial charge in [-0.25, -0.2) is 4.79 Å². The van der Waals surface area contributed by atoms with Crippen LogP contribution in [-0.4, -0.2) is 61.7 Å². The summed E-state index contributed by atoms with van der Waals surface area (Å²) in [4.78, 5) is 43.7. The van der Waals surface area contributed by atoms with Crippen LogP contribution in [0.5, 0.6) is 5.75 Å². The number of rotatable bonds is 6. The molecule has 3 heterocycles. The first-order valence-corrected chi connectivity index (χ1v) is 11.2. The van der Waals surface area contributed by atoms with Gasteiger partial charge in [-0.2, -0.15) is 0 Å². The van der Waals surface area contributed by atoms with E-state index in [2.05, 4.69) is 20.9 Å². The molecular formula is C24H31N5O4. The molecule has 9 heteroatoms. The Kier molecular flexibility index (Phi) is 7.52. The van der Waals surface area contributed by atoms with E-state index in [0.717, 1.165) is 36.2 Å². The van der Waals surface area contributed by atoms with E-state index in [1.54, 1.807) is 36.4 Å². The van der Waals surface area contributed by atoms with Gasteiger partial charge in [0.25, 0.3) is 11.8 Å². The highest BCUT2D eigenvalue weighted by molar-refractivity contribution is 6.09. The first kappa shape index (κ1) is 24.0. The molecule has 9 nitrogen and oxygen atoms in total. The van der Waals surface area contributed by atoms with E-state index >= 15 is 0 Å². The fraction of sp³-hybridized carbons (Fsp3) is 0.417. The molecule has 1 aromatic rings. The van der Waals surface area contributed by atoms with E-state index in [1.165, 1.54) is 0 Å². The summed E-state index contributed by atoms with van der Waals surface area (Å²) in [6.07, 6.45) is 6.96. The van der Waals surface area contributed by atoms with Gasteiger partial charge in [0.05, 0.1) is 19.4 Å². The Morgan fingerprint density at radius 2 is 2.06 bits per heavy atom. The van der Waals surface area contributed by atoms with Gasteiger partial charge in [-0.1, -0.05) is 26.0 Å². The highest BCUT2D eigenvalue weighted by atomic mass is 16.5. The summed E-state index contributed by atoms with van der Waals surface area (Å²) in [7, 11) is 3.36. The molecule has 0 unspecified atom stereocenters. The number of methoxy groups -OCH3 is 1. The lowest BCUT2D eigenvalue weighted by atomic mass is 9.95. The molecule has 33 heavy (non-hydrogen) atoms. The van der Waals surface area contributed by atoms with Gasteiger partial charge in [0.1, 0.15) is 5.75 Å². The molecule has 0 saturated carbocycles. The van der Waals surface area contributed by atoms with Gasteiger partial charge in [0.2, 0.25) is 0 Å². The summed E-state index contributed by atoms with van der Waals surface area (Å²) >= 11 is 0. The van der Waals surface area contributed by atoms with Crippen molar-refractivity contribution in [2.75, 3.05) is 27.2 Å². The summed E-state index contributed by atoms with van der Waals surface area (Å²) in [5.41, 5.74) is 1.90. The predicted octanol–water partition coefficient (Wildman–Crippen LogP) is 2.15. The lowest BCUT2D eigenvalue weighted by molar-refractivity contribution is -0.122. The number of imide groups is 1. The summed E-state index contributed by atoms with van der Waals surface area (Å²) in [5.74, 6) is -0.0895. The monoisotopic (exact) mass is 453 g/mol. The standard InChI is InChI=1S/C22H25N5O4.C2H6/c1-23-18-11-24-9-3-4-14(18)7-8-22(20(29)25-21(30)26-22)13-27-12-15-5-6-16(31-2)10-17(15)19(27)28;1-2/h5-8,10-11,23H,3-4,9,12-13H2,1-2H3,(H2,25,26,29,30);1-2H3/b8-7+;/t22-;/m1./s1. The van der Waals surface area contributed by atoms with Crippen LogP contribution in [0.2, 0.25) is 0 Å². The number of ether oxygens (including phenoxy) is 1. The van der Waals surface area contributed by atoms with Crippen molar-refractivity contribution in [1.82, 2.24) is 20.9 Å². The minimum Gasteiger partial charge on any atom is -0.497 e. The van der Waals surface area contributed by atoms with Crippen molar-refractivity contribution in [2.24, 2.45) is 4.99 Å². The van der Waals surface area contributed by atoms with Crippen LogP contribution in [0.1, 0.15) is 42.6 Å². The van der Waals surface area contributed by atoms with Crippen molar-refractivity contribution in [2.45, 2.75) is 38.8 Å². The van der Waals surface area contributed by atoms with Crippen LogP contribution >= 0.6 is 0 Å². The highest BCUT2D eigenvalue weighted by Gasteiger charge is 2.47. The lowest BCUT2D eigenvalue weighted by Crippen LogP contribution is -2.54. The van der Waals surface area contributed by atoms with Crippen LogP contribution in [0.15, 0.2) is 46.6 Å². The van der Waals surface area contributed by atoms with Crippen LogP contribution in [0.4, 0.5) is 4.79 Å². The van der Waals surface area contributed by atoms with Crippen LogP contribution < -0.4 is 20.7 Å². The van der Waals surface area contributed by atoms with Crippen molar-refractivity contribution in [3.63, 3.8) is 0 Å². The SMILES string of the molecule is CC.CNC1=C(/C=C/[C@]2(CN3Cc4ccc(OC)cc4C3=O)NC(=O)NC2=O)CCCN=C1. The predicted molar refractivity (Wildman–Crippen MR) is 126 cm³/mol. The zero-order chi connectivity index (χ0) is 24.0. The molecular weight excluding hydrogens is 422 g/mol. The summed E-state index contributed by atoms with van der Waals surface area (Å²) < 4.78 is 5.22. The number of allylic oxidation sites excluding steroid dienone is 3. The minimum atomic E-state index is -1.35. The Labute approximate surface area is 194 Å².